The molecule has 8 nitrogen and oxygen atoms in total. The summed E-state index contributed by atoms with van der Waals surface area (Å²) in [7, 11) is 0. The molecule has 2 amide bonds. The molecule has 0 bridgehead atoms. The van der Waals surface area contributed by atoms with Gasteiger partial charge in [-0.15, -0.1) is 0 Å². The Bertz CT molecular complexity index is 732. The molecule has 3 heterocycles. The third-order valence-corrected chi connectivity index (χ3v) is 5.60. The van der Waals surface area contributed by atoms with Crippen molar-refractivity contribution in [3.05, 3.63) is 29.3 Å². The van der Waals surface area contributed by atoms with Gasteiger partial charge < -0.3 is 20.8 Å². The number of benzene rings is 1. The van der Waals surface area contributed by atoms with Crippen LogP contribution in [0.3, 0.4) is 0 Å². The van der Waals surface area contributed by atoms with E-state index in [1.165, 1.54) is 0 Å². The van der Waals surface area contributed by atoms with Crippen molar-refractivity contribution in [3.8, 4) is 0 Å². The second-order valence-electron chi connectivity index (χ2n) is 7.28. The quantitative estimate of drug-likeness (QED) is 0.530. The van der Waals surface area contributed by atoms with E-state index in [1.807, 2.05) is 6.07 Å². The highest BCUT2D eigenvalue weighted by Crippen LogP contribution is 2.35. The molecule has 3 atom stereocenters. The van der Waals surface area contributed by atoms with Crippen LogP contribution in [-0.4, -0.2) is 64.6 Å². The average Bonchev–Trinajstić information content (AvgIpc) is 2.87. The van der Waals surface area contributed by atoms with E-state index < -0.39 is 18.5 Å². The number of anilines is 1. The standard InChI is InChI=1S/C18H24N4O4/c19-10-6-8-21(9-7-10)12-3-1-2-11-15(12)18(26)22(17(11)25)13-4-5-14(23)20-16(13)24/h1-3,10,13-14,16,20,23-24H,4-9,19H2. The molecular formula is C18H24N4O4. The van der Waals surface area contributed by atoms with Crippen LogP contribution in [0.25, 0.3) is 0 Å². The van der Waals surface area contributed by atoms with Crippen LogP contribution in [0.15, 0.2) is 18.2 Å². The summed E-state index contributed by atoms with van der Waals surface area (Å²) in [5.41, 5.74) is 7.51. The fourth-order valence-corrected chi connectivity index (χ4v) is 4.14. The van der Waals surface area contributed by atoms with Gasteiger partial charge in [-0.2, -0.15) is 0 Å². The average molecular weight is 360 g/mol. The summed E-state index contributed by atoms with van der Waals surface area (Å²) in [5.74, 6) is -0.763. The maximum Gasteiger partial charge on any atom is 0.264 e. The third-order valence-electron chi connectivity index (χ3n) is 5.60. The maximum absolute atomic E-state index is 13.1. The van der Waals surface area contributed by atoms with E-state index in [-0.39, 0.29) is 17.9 Å². The maximum atomic E-state index is 13.1. The van der Waals surface area contributed by atoms with Crippen molar-refractivity contribution in [1.82, 2.24) is 10.2 Å². The molecule has 2 saturated heterocycles. The zero-order valence-electron chi connectivity index (χ0n) is 14.5. The molecule has 5 N–H and O–H groups in total. The first kappa shape index (κ1) is 17.4. The van der Waals surface area contributed by atoms with Gasteiger partial charge in [0.2, 0.25) is 0 Å². The Labute approximate surface area is 151 Å². The van der Waals surface area contributed by atoms with Gasteiger partial charge in [0.05, 0.1) is 22.9 Å². The third kappa shape index (κ3) is 2.79. The van der Waals surface area contributed by atoms with Crippen LogP contribution in [0.2, 0.25) is 0 Å². The van der Waals surface area contributed by atoms with Crippen LogP contribution in [0.1, 0.15) is 46.4 Å². The number of rotatable bonds is 2. The number of imide groups is 1. The van der Waals surface area contributed by atoms with Crippen molar-refractivity contribution < 1.29 is 19.8 Å². The molecule has 0 aliphatic carbocycles. The summed E-state index contributed by atoms with van der Waals surface area (Å²) in [6, 6.07) is 4.80. The highest BCUT2D eigenvalue weighted by atomic mass is 16.3. The first-order chi connectivity index (χ1) is 12.5. The summed E-state index contributed by atoms with van der Waals surface area (Å²) < 4.78 is 0. The normalized spacial score (nSPS) is 30.0. The first-order valence-electron chi connectivity index (χ1n) is 9.11. The zero-order chi connectivity index (χ0) is 18.4. The monoisotopic (exact) mass is 360 g/mol. The largest absolute Gasteiger partial charge is 0.379 e. The lowest BCUT2D eigenvalue weighted by molar-refractivity contribution is -0.0413. The Morgan fingerprint density at radius 3 is 2.46 bits per heavy atom. The summed E-state index contributed by atoms with van der Waals surface area (Å²) in [6.07, 6.45) is 0.444. The molecule has 2 fully saturated rings. The summed E-state index contributed by atoms with van der Waals surface area (Å²) in [6.45, 7) is 1.50. The molecule has 3 aliphatic rings. The molecule has 1 aromatic rings. The van der Waals surface area contributed by atoms with E-state index >= 15 is 0 Å². The lowest BCUT2D eigenvalue weighted by atomic mass is 10.0. The van der Waals surface area contributed by atoms with Gasteiger partial charge in [-0.05, 0) is 37.8 Å². The number of carbonyl (C=O) groups excluding carboxylic acids is 2. The number of amides is 2. The SMILES string of the molecule is NC1CCN(c2cccc3c2C(=O)N(C2CCC(O)NC2O)C3=O)CC1. The van der Waals surface area contributed by atoms with Crippen molar-refractivity contribution in [2.24, 2.45) is 5.73 Å². The van der Waals surface area contributed by atoms with E-state index in [1.54, 1.807) is 12.1 Å². The summed E-state index contributed by atoms with van der Waals surface area (Å²) in [5, 5.41) is 22.4. The predicted octanol–water partition coefficient (Wildman–Crippen LogP) is -0.401. The topological polar surface area (TPSA) is 119 Å². The number of hydrogen-bond donors (Lipinski definition) is 4. The minimum atomic E-state index is -1.14. The smallest absolute Gasteiger partial charge is 0.264 e. The highest BCUT2D eigenvalue weighted by Gasteiger charge is 2.45. The predicted molar refractivity (Wildman–Crippen MR) is 94.5 cm³/mol. The van der Waals surface area contributed by atoms with E-state index in [4.69, 9.17) is 5.73 Å². The minimum Gasteiger partial charge on any atom is -0.379 e. The van der Waals surface area contributed by atoms with Crippen molar-refractivity contribution in [2.75, 3.05) is 18.0 Å². The van der Waals surface area contributed by atoms with Gasteiger partial charge in [-0.3, -0.25) is 19.8 Å². The molecular weight excluding hydrogens is 336 g/mol. The molecule has 0 saturated carbocycles. The van der Waals surface area contributed by atoms with E-state index in [0.29, 0.717) is 24.0 Å². The molecule has 3 unspecified atom stereocenters. The molecule has 0 radical (unpaired) electrons. The van der Waals surface area contributed by atoms with Gasteiger partial charge in [0.1, 0.15) is 12.5 Å². The number of nitrogens with two attached hydrogens (primary N) is 1. The van der Waals surface area contributed by atoms with Gasteiger partial charge in [0.15, 0.2) is 0 Å². The molecule has 0 spiro atoms. The number of nitrogens with zero attached hydrogens (tertiary/aromatic N) is 2. The number of aliphatic hydroxyl groups excluding tert-OH is 2. The molecule has 26 heavy (non-hydrogen) atoms. The second-order valence-corrected chi connectivity index (χ2v) is 7.28. The number of nitrogens with one attached hydrogen (secondary N) is 1. The van der Waals surface area contributed by atoms with E-state index in [0.717, 1.165) is 36.5 Å². The Morgan fingerprint density at radius 1 is 1.04 bits per heavy atom. The van der Waals surface area contributed by atoms with Crippen molar-refractivity contribution in [1.29, 1.82) is 0 Å². The van der Waals surface area contributed by atoms with Gasteiger partial charge in [-0.25, -0.2) is 0 Å². The van der Waals surface area contributed by atoms with Gasteiger partial charge in [0.25, 0.3) is 11.8 Å². The number of hydrogen-bond acceptors (Lipinski definition) is 7. The number of carbonyl (C=O) groups is 2. The Balaban J connectivity index is 1.65. The number of piperidine rings is 2. The van der Waals surface area contributed by atoms with E-state index in [2.05, 4.69) is 10.2 Å². The fraction of sp³-hybridized carbons (Fsp3) is 0.556. The Hall–Kier alpha value is -2.00. The van der Waals surface area contributed by atoms with Crippen molar-refractivity contribution >= 4 is 17.5 Å². The van der Waals surface area contributed by atoms with Gasteiger partial charge >= 0.3 is 0 Å². The van der Waals surface area contributed by atoms with Gasteiger partial charge in [-0.1, -0.05) is 6.07 Å². The zero-order valence-corrected chi connectivity index (χ0v) is 14.5. The second kappa shape index (κ2) is 6.62. The Kier molecular flexibility index (Phi) is 4.44. The van der Waals surface area contributed by atoms with E-state index in [9.17, 15) is 19.8 Å². The lowest BCUT2D eigenvalue weighted by Crippen LogP contribution is -2.58. The molecule has 8 heteroatoms. The molecule has 4 rings (SSSR count). The van der Waals surface area contributed by atoms with Crippen molar-refractivity contribution in [3.63, 3.8) is 0 Å². The first-order valence-corrected chi connectivity index (χ1v) is 9.11. The van der Waals surface area contributed by atoms with Crippen LogP contribution in [0.4, 0.5) is 5.69 Å². The fourth-order valence-electron chi connectivity index (χ4n) is 4.14. The van der Waals surface area contributed by atoms with Crippen LogP contribution >= 0.6 is 0 Å². The highest BCUT2D eigenvalue weighted by molar-refractivity contribution is 6.24. The summed E-state index contributed by atoms with van der Waals surface area (Å²) >= 11 is 0. The van der Waals surface area contributed by atoms with Crippen LogP contribution in [-0.2, 0) is 0 Å². The number of fused-ring (bicyclic) bond motifs is 1. The number of aliphatic hydroxyl groups is 2. The van der Waals surface area contributed by atoms with Crippen LogP contribution in [0, 0.1) is 0 Å². The molecule has 140 valence electrons. The molecule has 1 aromatic carbocycles. The van der Waals surface area contributed by atoms with Crippen molar-refractivity contribution in [2.45, 2.75) is 50.2 Å². The molecule has 0 aromatic heterocycles. The summed E-state index contributed by atoms with van der Waals surface area (Å²) in [4.78, 5) is 29.3. The molecule has 3 aliphatic heterocycles. The van der Waals surface area contributed by atoms with Crippen LogP contribution in [0.5, 0.6) is 0 Å². The van der Waals surface area contributed by atoms with Gasteiger partial charge in [0, 0.05) is 19.1 Å². The minimum absolute atomic E-state index is 0.173. The lowest BCUT2D eigenvalue weighted by Gasteiger charge is -2.36. The Morgan fingerprint density at radius 2 is 1.77 bits per heavy atom. The van der Waals surface area contributed by atoms with Crippen LogP contribution < -0.4 is 16.0 Å².